The van der Waals surface area contributed by atoms with Gasteiger partial charge < -0.3 is 9.88 Å². The molecule has 1 aromatic carbocycles. The summed E-state index contributed by atoms with van der Waals surface area (Å²) in [7, 11) is 0. The van der Waals surface area contributed by atoms with Gasteiger partial charge in [-0.15, -0.1) is 0 Å². The molecular weight excluding hydrogens is 298 g/mol. The zero-order valence-corrected chi connectivity index (χ0v) is 15.0. The Hall–Kier alpha value is -2.10. The van der Waals surface area contributed by atoms with Crippen molar-refractivity contribution in [3.8, 4) is 0 Å². The van der Waals surface area contributed by atoms with Crippen molar-refractivity contribution >= 4 is 16.9 Å². The van der Waals surface area contributed by atoms with Gasteiger partial charge in [-0.25, -0.2) is 4.98 Å². The van der Waals surface area contributed by atoms with Gasteiger partial charge in [0.25, 0.3) is 0 Å². The summed E-state index contributed by atoms with van der Waals surface area (Å²) in [6.45, 7) is 9.30. The van der Waals surface area contributed by atoms with E-state index in [4.69, 9.17) is 4.98 Å². The van der Waals surface area contributed by atoms with Crippen molar-refractivity contribution in [3.63, 3.8) is 0 Å². The van der Waals surface area contributed by atoms with Gasteiger partial charge >= 0.3 is 0 Å². The number of benzene rings is 1. The lowest BCUT2D eigenvalue weighted by atomic mass is 10.2. The van der Waals surface area contributed by atoms with E-state index in [1.807, 2.05) is 6.07 Å². The number of imidazole rings is 1. The van der Waals surface area contributed by atoms with Gasteiger partial charge in [-0.05, 0) is 31.9 Å². The van der Waals surface area contributed by atoms with E-state index >= 15 is 0 Å². The first-order valence-electron chi connectivity index (χ1n) is 9.01. The van der Waals surface area contributed by atoms with Crippen LogP contribution in [0.15, 0.2) is 36.4 Å². The van der Waals surface area contributed by atoms with E-state index in [2.05, 4.69) is 41.6 Å². The number of nitrogens with one attached hydrogen (secondary N) is 1. The van der Waals surface area contributed by atoms with E-state index < -0.39 is 0 Å². The van der Waals surface area contributed by atoms with Crippen LogP contribution in [0.2, 0.25) is 0 Å². The quantitative estimate of drug-likeness (QED) is 0.524. The highest BCUT2D eigenvalue weighted by atomic mass is 16.1. The summed E-state index contributed by atoms with van der Waals surface area (Å²) in [6.07, 6.45) is 6.75. The lowest BCUT2D eigenvalue weighted by Crippen LogP contribution is -2.25. The number of para-hydroxylation sites is 2. The van der Waals surface area contributed by atoms with Crippen LogP contribution in [-0.2, 0) is 17.8 Å². The van der Waals surface area contributed by atoms with E-state index in [-0.39, 0.29) is 5.91 Å². The van der Waals surface area contributed by atoms with Gasteiger partial charge in [-0.3, -0.25) is 4.79 Å². The predicted octanol–water partition coefficient (Wildman–Crippen LogP) is 4.24. The van der Waals surface area contributed by atoms with Crippen LogP contribution in [0.1, 0.15) is 51.8 Å². The third-order valence-electron chi connectivity index (χ3n) is 4.22. The van der Waals surface area contributed by atoms with Crippen LogP contribution in [0.4, 0.5) is 0 Å². The third kappa shape index (κ3) is 4.95. The third-order valence-corrected chi connectivity index (χ3v) is 4.22. The van der Waals surface area contributed by atoms with Gasteiger partial charge in [0.1, 0.15) is 5.82 Å². The number of hydrogen-bond acceptors (Lipinski definition) is 2. The molecule has 2 rings (SSSR count). The summed E-state index contributed by atoms with van der Waals surface area (Å²) in [4.78, 5) is 16.3. The van der Waals surface area contributed by atoms with Crippen LogP contribution in [0.5, 0.6) is 0 Å². The summed E-state index contributed by atoms with van der Waals surface area (Å²) in [5.41, 5.74) is 2.84. The number of nitrogens with zero attached hydrogens (tertiary/aromatic N) is 2. The standard InChI is InChI=1S/C20H29N3O/c1-4-5-6-9-15-23-18-12-8-7-11-17(18)22-19(23)13-10-14-21-20(24)16(2)3/h7-8,11-12H,2,4-6,9-10,13-15H2,1,3H3,(H,21,24). The monoisotopic (exact) mass is 327 g/mol. The summed E-state index contributed by atoms with van der Waals surface area (Å²) in [6, 6.07) is 8.33. The fourth-order valence-corrected chi connectivity index (χ4v) is 2.86. The Morgan fingerprint density at radius 1 is 1.21 bits per heavy atom. The Labute approximate surface area is 145 Å². The molecule has 1 N–H and O–H groups in total. The molecule has 1 aromatic heterocycles. The van der Waals surface area contributed by atoms with Crippen molar-refractivity contribution in [3.05, 3.63) is 42.2 Å². The number of amides is 1. The van der Waals surface area contributed by atoms with Crippen molar-refractivity contribution in [1.29, 1.82) is 0 Å². The normalized spacial score (nSPS) is 10.9. The number of carbonyl (C=O) groups is 1. The molecule has 1 heterocycles. The first kappa shape index (κ1) is 18.2. The molecule has 130 valence electrons. The minimum Gasteiger partial charge on any atom is -0.352 e. The number of aromatic nitrogens is 2. The Morgan fingerprint density at radius 2 is 2.00 bits per heavy atom. The second-order valence-electron chi connectivity index (χ2n) is 6.37. The topological polar surface area (TPSA) is 46.9 Å². The lowest BCUT2D eigenvalue weighted by molar-refractivity contribution is -0.117. The molecular formula is C20H29N3O. The Balaban J connectivity index is 1.99. The second-order valence-corrected chi connectivity index (χ2v) is 6.37. The number of fused-ring (bicyclic) bond motifs is 1. The lowest BCUT2D eigenvalue weighted by Gasteiger charge is -2.10. The average Bonchev–Trinajstić information content (AvgIpc) is 2.93. The van der Waals surface area contributed by atoms with E-state index in [0.29, 0.717) is 12.1 Å². The maximum absolute atomic E-state index is 11.5. The molecule has 0 aliphatic rings. The minimum atomic E-state index is -0.0666. The van der Waals surface area contributed by atoms with Crippen LogP contribution >= 0.6 is 0 Å². The van der Waals surface area contributed by atoms with Crippen molar-refractivity contribution in [2.75, 3.05) is 6.54 Å². The Bertz CT molecular complexity index is 687. The molecule has 0 saturated heterocycles. The first-order chi connectivity index (χ1) is 11.6. The SMILES string of the molecule is C=C(C)C(=O)NCCCc1nc2ccccc2n1CCCCCC. The van der Waals surface area contributed by atoms with Crippen LogP contribution in [-0.4, -0.2) is 22.0 Å². The highest BCUT2D eigenvalue weighted by molar-refractivity contribution is 5.92. The highest BCUT2D eigenvalue weighted by Crippen LogP contribution is 2.18. The Morgan fingerprint density at radius 3 is 2.75 bits per heavy atom. The molecule has 0 fully saturated rings. The van der Waals surface area contributed by atoms with Crippen molar-refractivity contribution in [1.82, 2.24) is 14.9 Å². The summed E-state index contributed by atoms with van der Waals surface area (Å²) >= 11 is 0. The van der Waals surface area contributed by atoms with Gasteiger partial charge in [0.2, 0.25) is 5.91 Å². The van der Waals surface area contributed by atoms with Crippen molar-refractivity contribution < 1.29 is 4.79 Å². The molecule has 0 radical (unpaired) electrons. The molecule has 24 heavy (non-hydrogen) atoms. The van der Waals surface area contributed by atoms with E-state index in [1.54, 1.807) is 6.92 Å². The summed E-state index contributed by atoms with van der Waals surface area (Å²) in [5.74, 6) is 1.06. The van der Waals surface area contributed by atoms with Crippen molar-refractivity contribution in [2.24, 2.45) is 0 Å². The largest absolute Gasteiger partial charge is 0.352 e. The minimum absolute atomic E-state index is 0.0666. The molecule has 1 amide bonds. The van der Waals surface area contributed by atoms with Gasteiger partial charge in [0.15, 0.2) is 0 Å². The zero-order valence-electron chi connectivity index (χ0n) is 15.0. The fourth-order valence-electron chi connectivity index (χ4n) is 2.86. The first-order valence-corrected chi connectivity index (χ1v) is 9.01. The number of unbranched alkanes of at least 4 members (excludes halogenated alkanes) is 3. The van der Waals surface area contributed by atoms with Crippen LogP contribution in [0.3, 0.4) is 0 Å². The molecule has 0 unspecified atom stereocenters. The van der Waals surface area contributed by atoms with Gasteiger partial charge in [0, 0.05) is 25.1 Å². The molecule has 4 heteroatoms. The van der Waals surface area contributed by atoms with Crippen LogP contribution < -0.4 is 5.32 Å². The molecule has 4 nitrogen and oxygen atoms in total. The second kappa shape index (κ2) is 9.26. The van der Waals surface area contributed by atoms with Gasteiger partial charge in [0.05, 0.1) is 11.0 Å². The maximum atomic E-state index is 11.5. The van der Waals surface area contributed by atoms with Gasteiger partial charge in [-0.1, -0.05) is 44.9 Å². The average molecular weight is 327 g/mol. The molecule has 0 aliphatic carbocycles. The van der Waals surface area contributed by atoms with E-state index in [0.717, 1.165) is 30.7 Å². The fraction of sp³-hybridized carbons (Fsp3) is 0.500. The molecule has 0 aliphatic heterocycles. The van der Waals surface area contributed by atoms with Crippen molar-refractivity contribution in [2.45, 2.75) is 58.9 Å². The molecule has 0 bridgehead atoms. The highest BCUT2D eigenvalue weighted by Gasteiger charge is 2.10. The predicted molar refractivity (Wildman–Crippen MR) is 100 cm³/mol. The molecule has 0 atom stereocenters. The molecule has 0 saturated carbocycles. The van der Waals surface area contributed by atoms with E-state index in [9.17, 15) is 4.79 Å². The molecule has 2 aromatic rings. The van der Waals surface area contributed by atoms with Crippen LogP contribution in [0.25, 0.3) is 11.0 Å². The zero-order chi connectivity index (χ0) is 17.4. The summed E-state index contributed by atoms with van der Waals surface area (Å²) in [5, 5.41) is 2.89. The van der Waals surface area contributed by atoms with Crippen LogP contribution in [0, 0.1) is 0 Å². The smallest absolute Gasteiger partial charge is 0.246 e. The van der Waals surface area contributed by atoms with E-state index in [1.165, 1.54) is 31.2 Å². The summed E-state index contributed by atoms with van der Waals surface area (Å²) < 4.78 is 2.35. The number of aryl methyl sites for hydroxylation is 2. The Kier molecular flexibility index (Phi) is 7.04. The number of hydrogen-bond donors (Lipinski definition) is 1. The van der Waals surface area contributed by atoms with Gasteiger partial charge in [-0.2, -0.15) is 0 Å². The number of rotatable bonds is 10. The number of carbonyl (C=O) groups excluding carboxylic acids is 1. The molecule has 0 spiro atoms. The maximum Gasteiger partial charge on any atom is 0.246 e.